The zero-order valence-corrected chi connectivity index (χ0v) is 14.7. The van der Waals surface area contributed by atoms with Crippen LogP contribution >= 0.6 is 11.3 Å². The Balaban J connectivity index is 1.87. The number of amides is 1. The number of thiazole rings is 1. The second-order valence-corrected chi connectivity index (χ2v) is 6.96. The van der Waals surface area contributed by atoms with E-state index in [1.165, 1.54) is 16.7 Å². The van der Waals surface area contributed by atoms with Crippen molar-refractivity contribution in [3.05, 3.63) is 52.0 Å². The largest absolute Gasteiger partial charge is 0.476 e. The molecule has 1 aromatic carbocycles. The van der Waals surface area contributed by atoms with E-state index in [4.69, 9.17) is 5.11 Å². The van der Waals surface area contributed by atoms with Gasteiger partial charge in [-0.25, -0.2) is 9.78 Å². The van der Waals surface area contributed by atoms with E-state index in [-0.39, 0.29) is 23.4 Å². The number of carbonyl (C=O) groups is 2. The summed E-state index contributed by atoms with van der Waals surface area (Å²) in [6.45, 7) is 4.56. The summed E-state index contributed by atoms with van der Waals surface area (Å²) in [5, 5.41) is 14.1. The Morgan fingerprint density at radius 1 is 1.25 bits per heavy atom. The van der Waals surface area contributed by atoms with Crippen LogP contribution in [0.2, 0.25) is 0 Å². The number of carbonyl (C=O) groups excluding carboxylic acids is 1. The Bertz CT molecular complexity index is 683. The molecule has 5 nitrogen and oxygen atoms in total. The molecule has 2 N–H and O–H groups in total. The van der Waals surface area contributed by atoms with Gasteiger partial charge in [-0.05, 0) is 17.9 Å². The average molecular weight is 346 g/mol. The lowest BCUT2D eigenvalue weighted by Gasteiger charge is -2.20. The molecule has 1 amide bonds. The maximum absolute atomic E-state index is 12.5. The fraction of sp³-hybridized carbons (Fsp3) is 0.389. The molecule has 1 atom stereocenters. The topological polar surface area (TPSA) is 79.3 Å². The average Bonchev–Trinajstić information content (AvgIpc) is 3.02. The van der Waals surface area contributed by atoms with Gasteiger partial charge in [0.05, 0.1) is 5.01 Å². The molecule has 1 unspecified atom stereocenters. The normalized spacial score (nSPS) is 12.1. The Morgan fingerprint density at radius 2 is 1.96 bits per heavy atom. The second-order valence-electron chi connectivity index (χ2n) is 6.01. The van der Waals surface area contributed by atoms with E-state index in [2.05, 4.69) is 10.3 Å². The SMILES string of the molecule is CC(C)C(Cc1ccccc1)C(=O)NCCc1nc(C(=O)O)cs1. The summed E-state index contributed by atoms with van der Waals surface area (Å²) >= 11 is 1.30. The smallest absolute Gasteiger partial charge is 0.355 e. The summed E-state index contributed by atoms with van der Waals surface area (Å²) in [5.41, 5.74) is 1.21. The highest BCUT2D eigenvalue weighted by atomic mass is 32.1. The summed E-state index contributed by atoms with van der Waals surface area (Å²) < 4.78 is 0. The van der Waals surface area contributed by atoms with Crippen LogP contribution in [0.15, 0.2) is 35.7 Å². The number of aromatic nitrogens is 1. The number of carboxylic acids is 1. The van der Waals surface area contributed by atoms with Gasteiger partial charge in [0.1, 0.15) is 0 Å². The molecular weight excluding hydrogens is 324 g/mol. The van der Waals surface area contributed by atoms with Gasteiger partial charge in [-0.2, -0.15) is 0 Å². The molecule has 0 saturated heterocycles. The van der Waals surface area contributed by atoms with E-state index in [9.17, 15) is 9.59 Å². The van der Waals surface area contributed by atoms with Crippen molar-refractivity contribution in [1.29, 1.82) is 0 Å². The molecule has 2 aromatic rings. The third kappa shape index (κ3) is 5.16. The van der Waals surface area contributed by atoms with Crippen LogP contribution in [0.4, 0.5) is 0 Å². The molecule has 1 heterocycles. The van der Waals surface area contributed by atoms with E-state index in [1.807, 2.05) is 44.2 Å². The zero-order valence-electron chi connectivity index (χ0n) is 13.9. The second kappa shape index (κ2) is 8.59. The molecule has 24 heavy (non-hydrogen) atoms. The minimum absolute atomic E-state index is 0.0314. The Morgan fingerprint density at radius 3 is 2.54 bits per heavy atom. The number of hydrogen-bond donors (Lipinski definition) is 2. The molecule has 0 aliphatic rings. The summed E-state index contributed by atoms with van der Waals surface area (Å²) in [4.78, 5) is 27.3. The first-order valence-corrected chi connectivity index (χ1v) is 8.84. The first kappa shape index (κ1) is 18.1. The van der Waals surface area contributed by atoms with E-state index < -0.39 is 5.97 Å². The molecule has 0 bridgehead atoms. The van der Waals surface area contributed by atoms with Crippen molar-refractivity contribution in [3.8, 4) is 0 Å². The predicted molar refractivity (Wildman–Crippen MR) is 94.3 cm³/mol. The monoisotopic (exact) mass is 346 g/mol. The van der Waals surface area contributed by atoms with Crippen LogP contribution in [0.3, 0.4) is 0 Å². The third-order valence-corrected chi connectivity index (χ3v) is 4.76. The van der Waals surface area contributed by atoms with Crippen molar-refractivity contribution in [3.63, 3.8) is 0 Å². The van der Waals surface area contributed by atoms with Gasteiger partial charge in [-0.15, -0.1) is 11.3 Å². The van der Waals surface area contributed by atoms with E-state index >= 15 is 0 Å². The fourth-order valence-electron chi connectivity index (χ4n) is 2.45. The van der Waals surface area contributed by atoms with Gasteiger partial charge >= 0.3 is 5.97 Å². The number of benzene rings is 1. The van der Waals surface area contributed by atoms with Crippen molar-refractivity contribution < 1.29 is 14.7 Å². The Kier molecular flexibility index (Phi) is 6.49. The van der Waals surface area contributed by atoms with E-state index in [0.717, 1.165) is 10.6 Å². The third-order valence-electron chi connectivity index (χ3n) is 3.85. The minimum Gasteiger partial charge on any atom is -0.476 e. The highest BCUT2D eigenvalue weighted by molar-refractivity contribution is 7.09. The molecule has 1 aromatic heterocycles. The Hall–Kier alpha value is -2.21. The van der Waals surface area contributed by atoms with Crippen LogP contribution in [0.1, 0.15) is 34.9 Å². The summed E-state index contributed by atoms with van der Waals surface area (Å²) in [5.74, 6) is -0.838. The molecule has 0 saturated carbocycles. The van der Waals surface area contributed by atoms with Crippen LogP contribution in [-0.2, 0) is 17.6 Å². The van der Waals surface area contributed by atoms with Gasteiger partial charge in [0.2, 0.25) is 5.91 Å². The number of nitrogens with one attached hydrogen (secondary N) is 1. The number of rotatable bonds is 8. The molecule has 128 valence electrons. The lowest BCUT2D eigenvalue weighted by atomic mass is 9.88. The summed E-state index contributed by atoms with van der Waals surface area (Å²) in [6.07, 6.45) is 1.25. The maximum Gasteiger partial charge on any atom is 0.355 e. The standard InChI is InChI=1S/C18H22N2O3S/c1-12(2)14(10-13-6-4-3-5-7-13)17(21)19-9-8-16-20-15(11-24-16)18(22)23/h3-7,11-12,14H,8-10H2,1-2H3,(H,19,21)(H,22,23). The van der Waals surface area contributed by atoms with E-state index in [1.54, 1.807) is 0 Å². The number of nitrogens with zero attached hydrogens (tertiary/aromatic N) is 1. The highest BCUT2D eigenvalue weighted by Crippen LogP contribution is 2.18. The van der Waals surface area contributed by atoms with Crippen LogP contribution < -0.4 is 5.32 Å². The van der Waals surface area contributed by atoms with Gasteiger partial charge in [0.15, 0.2) is 5.69 Å². The number of hydrogen-bond acceptors (Lipinski definition) is 4. The van der Waals surface area contributed by atoms with Gasteiger partial charge in [-0.3, -0.25) is 4.79 Å². The highest BCUT2D eigenvalue weighted by Gasteiger charge is 2.22. The lowest BCUT2D eigenvalue weighted by molar-refractivity contribution is -0.126. The molecular formula is C18H22N2O3S. The van der Waals surface area contributed by atoms with Crippen LogP contribution in [-0.4, -0.2) is 28.5 Å². The van der Waals surface area contributed by atoms with Crippen LogP contribution in [0.25, 0.3) is 0 Å². The predicted octanol–water partition coefficient (Wildman–Crippen LogP) is 3.01. The quantitative estimate of drug-likeness (QED) is 0.770. The van der Waals surface area contributed by atoms with Crippen molar-refractivity contribution >= 4 is 23.2 Å². The fourth-order valence-corrected chi connectivity index (χ4v) is 3.22. The van der Waals surface area contributed by atoms with Crippen molar-refractivity contribution in [2.75, 3.05) is 6.54 Å². The zero-order chi connectivity index (χ0) is 17.5. The van der Waals surface area contributed by atoms with Gasteiger partial charge in [0.25, 0.3) is 0 Å². The first-order valence-electron chi connectivity index (χ1n) is 7.96. The number of carboxylic acid groups (broad SMARTS) is 1. The lowest BCUT2D eigenvalue weighted by Crippen LogP contribution is -2.36. The van der Waals surface area contributed by atoms with Crippen molar-refractivity contribution in [1.82, 2.24) is 10.3 Å². The molecule has 0 fully saturated rings. The van der Waals surface area contributed by atoms with Gasteiger partial charge in [-0.1, -0.05) is 44.2 Å². The molecule has 0 aliphatic carbocycles. The van der Waals surface area contributed by atoms with Gasteiger partial charge < -0.3 is 10.4 Å². The molecule has 6 heteroatoms. The molecule has 2 rings (SSSR count). The van der Waals surface area contributed by atoms with Crippen LogP contribution in [0, 0.1) is 11.8 Å². The van der Waals surface area contributed by atoms with E-state index in [0.29, 0.717) is 19.4 Å². The number of aromatic carboxylic acids is 1. The minimum atomic E-state index is -1.02. The van der Waals surface area contributed by atoms with Gasteiger partial charge in [0, 0.05) is 24.3 Å². The first-order chi connectivity index (χ1) is 11.5. The van der Waals surface area contributed by atoms with Crippen molar-refractivity contribution in [2.45, 2.75) is 26.7 Å². The molecule has 0 spiro atoms. The molecule has 0 radical (unpaired) electrons. The Labute approximate surface area is 145 Å². The maximum atomic E-state index is 12.5. The summed E-state index contributed by atoms with van der Waals surface area (Å²) in [6, 6.07) is 9.99. The molecule has 0 aliphatic heterocycles. The van der Waals surface area contributed by atoms with Crippen LogP contribution in [0.5, 0.6) is 0 Å². The van der Waals surface area contributed by atoms with Crippen molar-refractivity contribution in [2.24, 2.45) is 11.8 Å². The summed E-state index contributed by atoms with van der Waals surface area (Å²) in [7, 11) is 0.